The van der Waals surface area contributed by atoms with Crippen molar-refractivity contribution in [1.82, 2.24) is 0 Å². The van der Waals surface area contributed by atoms with Crippen molar-refractivity contribution in [2.75, 3.05) is 12.4 Å². The lowest BCUT2D eigenvalue weighted by atomic mass is 10.2. The molecular weight excluding hydrogens is 212 g/mol. The lowest BCUT2D eigenvalue weighted by molar-refractivity contribution is -0.109. The van der Waals surface area contributed by atoms with Gasteiger partial charge in [0.15, 0.2) is 5.12 Å². The molecular formula is C11H12O3S. The van der Waals surface area contributed by atoms with Crippen LogP contribution in [-0.2, 0) is 9.53 Å². The minimum atomic E-state index is -0.347. The summed E-state index contributed by atoms with van der Waals surface area (Å²) in [6, 6.07) is 8.78. The van der Waals surface area contributed by atoms with Crippen molar-refractivity contribution in [2.45, 2.75) is 6.92 Å². The average Bonchev–Trinajstić information content (AvgIpc) is 2.25. The van der Waals surface area contributed by atoms with Gasteiger partial charge in [0.05, 0.1) is 5.56 Å². The number of rotatable bonds is 4. The summed E-state index contributed by atoms with van der Waals surface area (Å²) in [5.74, 6) is 0.160. The molecule has 0 aliphatic heterocycles. The molecule has 0 aromatic heterocycles. The van der Waals surface area contributed by atoms with E-state index in [1.165, 1.54) is 6.92 Å². The Morgan fingerprint density at radius 3 is 2.53 bits per heavy atom. The highest BCUT2D eigenvalue weighted by Gasteiger charge is 2.05. The van der Waals surface area contributed by atoms with Gasteiger partial charge in [-0.15, -0.1) is 0 Å². The van der Waals surface area contributed by atoms with Crippen LogP contribution >= 0.6 is 11.8 Å². The van der Waals surface area contributed by atoms with Crippen LogP contribution in [0.1, 0.15) is 17.3 Å². The molecule has 3 nitrogen and oxygen atoms in total. The second-order valence-corrected chi connectivity index (χ2v) is 4.11. The number of carbonyl (C=O) groups excluding carboxylic acids is 2. The van der Waals surface area contributed by atoms with Gasteiger partial charge in [0.2, 0.25) is 0 Å². The Morgan fingerprint density at radius 1 is 1.27 bits per heavy atom. The van der Waals surface area contributed by atoms with E-state index in [9.17, 15) is 9.59 Å². The quantitative estimate of drug-likeness (QED) is 0.580. The topological polar surface area (TPSA) is 43.4 Å². The number of benzene rings is 1. The van der Waals surface area contributed by atoms with Crippen LogP contribution in [0, 0.1) is 0 Å². The number of thioether (sulfide) groups is 1. The molecule has 1 aromatic rings. The molecule has 0 saturated heterocycles. The second kappa shape index (κ2) is 6.24. The minimum absolute atomic E-state index is 0.0331. The predicted octanol–water partition coefficient (Wildman–Crippen LogP) is 2.12. The lowest BCUT2D eigenvalue weighted by Crippen LogP contribution is -2.08. The van der Waals surface area contributed by atoms with Crippen molar-refractivity contribution < 1.29 is 14.3 Å². The standard InChI is InChI=1S/C11H12O3S/c1-9(12)15-8-7-14-11(13)10-5-3-2-4-6-10/h2-6H,7-8H2,1H3. The summed E-state index contributed by atoms with van der Waals surface area (Å²) in [6.45, 7) is 1.75. The molecule has 0 bridgehead atoms. The van der Waals surface area contributed by atoms with Gasteiger partial charge in [-0.2, -0.15) is 0 Å². The third kappa shape index (κ3) is 4.65. The Hall–Kier alpha value is -1.29. The molecule has 15 heavy (non-hydrogen) atoms. The van der Waals surface area contributed by atoms with Gasteiger partial charge in [-0.3, -0.25) is 4.79 Å². The molecule has 80 valence electrons. The Labute approximate surface area is 92.8 Å². The molecule has 0 saturated carbocycles. The highest BCUT2D eigenvalue weighted by molar-refractivity contribution is 8.13. The summed E-state index contributed by atoms with van der Waals surface area (Å²) in [5.41, 5.74) is 0.533. The smallest absolute Gasteiger partial charge is 0.338 e. The van der Waals surface area contributed by atoms with E-state index in [1.54, 1.807) is 24.3 Å². The van der Waals surface area contributed by atoms with Gasteiger partial charge in [-0.25, -0.2) is 4.79 Å². The molecule has 0 spiro atoms. The zero-order chi connectivity index (χ0) is 11.1. The number of hydrogen-bond acceptors (Lipinski definition) is 4. The van der Waals surface area contributed by atoms with Gasteiger partial charge in [0.25, 0.3) is 0 Å². The maximum atomic E-state index is 11.4. The molecule has 0 heterocycles. The third-order valence-corrected chi connectivity index (χ3v) is 2.41. The summed E-state index contributed by atoms with van der Waals surface area (Å²) >= 11 is 1.15. The van der Waals surface area contributed by atoms with Gasteiger partial charge in [-0.1, -0.05) is 30.0 Å². The molecule has 0 atom stereocenters. The van der Waals surface area contributed by atoms with Crippen LogP contribution < -0.4 is 0 Å². The van der Waals surface area contributed by atoms with Crippen molar-refractivity contribution in [1.29, 1.82) is 0 Å². The fourth-order valence-corrected chi connectivity index (χ4v) is 1.43. The lowest BCUT2D eigenvalue weighted by Gasteiger charge is -2.02. The number of carbonyl (C=O) groups is 2. The number of ether oxygens (including phenoxy) is 1. The van der Waals surface area contributed by atoms with Crippen LogP contribution in [0.2, 0.25) is 0 Å². The monoisotopic (exact) mass is 224 g/mol. The largest absolute Gasteiger partial charge is 0.461 e. The summed E-state index contributed by atoms with van der Waals surface area (Å²) in [4.78, 5) is 22.0. The number of hydrogen-bond donors (Lipinski definition) is 0. The maximum Gasteiger partial charge on any atom is 0.338 e. The highest BCUT2D eigenvalue weighted by Crippen LogP contribution is 2.03. The van der Waals surface area contributed by atoms with E-state index in [0.717, 1.165) is 11.8 Å². The SMILES string of the molecule is CC(=O)SCCOC(=O)c1ccccc1. The molecule has 4 heteroatoms. The van der Waals surface area contributed by atoms with Crippen LogP contribution in [0.3, 0.4) is 0 Å². The van der Waals surface area contributed by atoms with E-state index >= 15 is 0 Å². The fourth-order valence-electron chi connectivity index (χ4n) is 0.977. The van der Waals surface area contributed by atoms with Crippen LogP contribution in [0.25, 0.3) is 0 Å². The Kier molecular flexibility index (Phi) is 4.90. The van der Waals surface area contributed by atoms with E-state index in [1.807, 2.05) is 6.07 Å². The van der Waals surface area contributed by atoms with Crippen molar-refractivity contribution in [3.05, 3.63) is 35.9 Å². The van der Waals surface area contributed by atoms with Gasteiger partial charge in [0.1, 0.15) is 6.61 Å². The zero-order valence-electron chi connectivity index (χ0n) is 8.43. The Morgan fingerprint density at radius 2 is 1.93 bits per heavy atom. The van der Waals surface area contributed by atoms with Gasteiger partial charge in [0, 0.05) is 12.7 Å². The average molecular weight is 224 g/mol. The molecule has 1 rings (SSSR count). The molecule has 0 unspecified atom stereocenters. The van der Waals surface area contributed by atoms with Crippen molar-refractivity contribution in [3.63, 3.8) is 0 Å². The van der Waals surface area contributed by atoms with Crippen LogP contribution in [0.4, 0.5) is 0 Å². The van der Waals surface area contributed by atoms with E-state index < -0.39 is 0 Å². The summed E-state index contributed by atoms with van der Waals surface area (Å²) in [5, 5.41) is 0.0331. The van der Waals surface area contributed by atoms with Gasteiger partial charge < -0.3 is 4.74 Å². The van der Waals surface area contributed by atoms with Crippen molar-refractivity contribution in [3.8, 4) is 0 Å². The van der Waals surface area contributed by atoms with Crippen LogP contribution in [-0.4, -0.2) is 23.4 Å². The molecule has 1 aromatic carbocycles. The first-order valence-corrected chi connectivity index (χ1v) is 5.54. The summed E-state index contributed by atoms with van der Waals surface area (Å²) in [7, 11) is 0. The van der Waals surface area contributed by atoms with Gasteiger partial charge >= 0.3 is 5.97 Å². The van der Waals surface area contributed by atoms with E-state index in [-0.39, 0.29) is 17.7 Å². The molecule has 0 N–H and O–H groups in total. The summed E-state index contributed by atoms with van der Waals surface area (Å²) < 4.78 is 4.97. The molecule has 0 amide bonds. The third-order valence-electron chi connectivity index (χ3n) is 1.63. The van der Waals surface area contributed by atoms with Crippen LogP contribution in [0.5, 0.6) is 0 Å². The fraction of sp³-hybridized carbons (Fsp3) is 0.273. The van der Waals surface area contributed by atoms with E-state index in [4.69, 9.17) is 4.74 Å². The molecule has 0 radical (unpaired) electrons. The van der Waals surface area contributed by atoms with Crippen molar-refractivity contribution >= 4 is 22.8 Å². The molecule has 0 aliphatic carbocycles. The highest BCUT2D eigenvalue weighted by atomic mass is 32.2. The molecule has 0 fully saturated rings. The Balaban J connectivity index is 2.28. The van der Waals surface area contributed by atoms with E-state index in [2.05, 4.69) is 0 Å². The maximum absolute atomic E-state index is 11.4. The van der Waals surface area contributed by atoms with Crippen molar-refractivity contribution in [2.24, 2.45) is 0 Å². The number of esters is 1. The zero-order valence-corrected chi connectivity index (χ0v) is 9.25. The van der Waals surface area contributed by atoms with Crippen LogP contribution in [0.15, 0.2) is 30.3 Å². The second-order valence-electron chi connectivity index (χ2n) is 2.84. The predicted molar refractivity (Wildman–Crippen MR) is 59.9 cm³/mol. The Bertz CT molecular complexity index is 335. The summed E-state index contributed by atoms with van der Waals surface area (Å²) in [6.07, 6.45) is 0. The van der Waals surface area contributed by atoms with Gasteiger partial charge in [-0.05, 0) is 12.1 Å². The first kappa shape index (κ1) is 11.8. The first-order valence-electron chi connectivity index (χ1n) is 4.55. The molecule has 0 aliphatic rings. The minimum Gasteiger partial charge on any atom is -0.461 e. The van der Waals surface area contributed by atoms with E-state index in [0.29, 0.717) is 11.3 Å². The first-order chi connectivity index (χ1) is 7.20. The normalized spacial score (nSPS) is 9.67.